The lowest BCUT2D eigenvalue weighted by molar-refractivity contribution is -0.144. The number of hydrogen-bond acceptors (Lipinski definition) is 4. The zero-order valence-electron chi connectivity index (χ0n) is 11.9. The second-order valence-corrected chi connectivity index (χ2v) is 5.67. The maximum Gasteiger partial charge on any atom is 0.305 e. The predicted octanol–water partition coefficient (Wildman–Crippen LogP) is 3.76. The lowest BCUT2D eigenvalue weighted by Gasteiger charge is -2.13. The summed E-state index contributed by atoms with van der Waals surface area (Å²) in [4.78, 5) is 15.8. The maximum absolute atomic E-state index is 11.5. The number of rotatable bonds is 6. The Bertz CT molecular complexity index is 630. The first-order valence-electron chi connectivity index (χ1n) is 7.00. The van der Waals surface area contributed by atoms with Crippen LogP contribution in [0.25, 0.3) is 10.9 Å². The standard InChI is InChI=1S/C16H18BrNO3/c1-2-10-21-15(20)8-7-14(19)12-5-6-13(17)11-4-3-9-18-16(11)12/h3-6,9,14,19H,2,7-8,10H2,1H3. The number of hydrogen-bond donors (Lipinski definition) is 1. The number of benzene rings is 1. The average molecular weight is 352 g/mol. The van der Waals surface area contributed by atoms with Crippen LogP contribution in [0.4, 0.5) is 0 Å². The first-order chi connectivity index (χ1) is 10.1. The van der Waals surface area contributed by atoms with Crippen LogP contribution in [0.2, 0.25) is 0 Å². The molecule has 0 bridgehead atoms. The van der Waals surface area contributed by atoms with E-state index in [1.165, 1.54) is 0 Å². The summed E-state index contributed by atoms with van der Waals surface area (Å²) in [6.07, 6.45) is 2.29. The molecule has 0 saturated heterocycles. The van der Waals surface area contributed by atoms with E-state index in [4.69, 9.17) is 4.74 Å². The van der Waals surface area contributed by atoms with E-state index in [9.17, 15) is 9.90 Å². The number of ether oxygens (including phenoxy) is 1. The van der Waals surface area contributed by atoms with E-state index in [1.807, 2.05) is 31.2 Å². The van der Waals surface area contributed by atoms with Gasteiger partial charge in [-0.05, 0) is 25.0 Å². The van der Waals surface area contributed by atoms with Gasteiger partial charge in [0.05, 0.1) is 18.2 Å². The fourth-order valence-corrected chi connectivity index (χ4v) is 2.58. The molecule has 4 nitrogen and oxygen atoms in total. The number of aromatic nitrogens is 1. The molecule has 21 heavy (non-hydrogen) atoms. The highest BCUT2D eigenvalue weighted by Gasteiger charge is 2.15. The first kappa shape index (κ1) is 15.9. The molecule has 0 fully saturated rings. The number of aliphatic hydroxyl groups excluding tert-OH is 1. The molecule has 2 rings (SSSR count). The number of aliphatic hydroxyl groups is 1. The van der Waals surface area contributed by atoms with Crippen LogP contribution in [0.15, 0.2) is 34.9 Å². The fraction of sp³-hybridized carbons (Fsp3) is 0.375. The summed E-state index contributed by atoms with van der Waals surface area (Å²) >= 11 is 3.48. The molecule has 1 atom stereocenters. The van der Waals surface area contributed by atoms with E-state index in [0.29, 0.717) is 13.0 Å². The van der Waals surface area contributed by atoms with Crippen LogP contribution in [0, 0.1) is 0 Å². The molecule has 1 heterocycles. The van der Waals surface area contributed by atoms with Gasteiger partial charge < -0.3 is 9.84 Å². The minimum Gasteiger partial charge on any atom is -0.466 e. The minimum absolute atomic E-state index is 0.200. The molecule has 0 radical (unpaired) electrons. The smallest absolute Gasteiger partial charge is 0.305 e. The molecule has 112 valence electrons. The summed E-state index contributed by atoms with van der Waals surface area (Å²) < 4.78 is 5.95. The minimum atomic E-state index is -0.732. The third-order valence-electron chi connectivity index (χ3n) is 3.20. The highest BCUT2D eigenvalue weighted by atomic mass is 79.9. The largest absolute Gasteiger partial charge is 0.466 e. The van der Waals surface area contributed by atoms with Gasteiger partial charge in [-0.15, -0.1) is 0 Å². The Labute approximate surface area is 132 Å². The van der Waals surface area contributed by atoms with Gasteiger partial charge in [0.25, 0.3) is 0 Å². The molecule has 1 N–H and O–H groups in total. The quantitative estimate of drug-likeness (QED) is 0.804. The molecule has 0 aliphatic heterocycles. The molecule has 0 aliphatic rings. The van der Waals surface area contributed by atoms with E-state index in [1.54, 1.807) is 6.20 Å². The molecule has 0 amide bonds. The fourth-order valence-electron chi connectivity index (χ4n) is 2.13. The van der Waals surface area contributed by atoms with Crippen molar-refractivity contribution in [2.45, 2.75) is 32.3 Å². The zero-order chi connectivity index (χ0) is 15.2. The first-order valence-corrected chi connectivity index (χ1v) is 7.79. The van der Waals surface area contributed by atoms with E-state index >= 15 is 0 Å². The number of carbonyl (C=O) groups excluding carboxylic acids is 1. The zero-order valence-corrected chi connectivity index (χ0v) is 13.5. The van der Waals surface area contributed by atoms with Crippen molar-refractivity contribution >= 4 is 32.8 Å². The van der Waals surface area contributed by atoms with Gasteiger partial charge in [0.2, 0.25) is 0 Å². The average Bonchev–Trinajstić information content (AvgIpc) is 2.51. The van der Waals surface area contributed by atoms with Crippen molar-refractivity contribution in [3.8, 4) is 0 Å². The van der Waals surface area contributed by atoms with Crippen LogP contribution < -0.4 is 0 Å². The van der Waals surface area contributed by atoms with Gasteiger partial charge in [-0.2, -0.15) is 0 Å². The van der Waals surface area contributed by atoms with Crippen molar-refractivity contribution in [1.82, 2.24) is 4.98 Å². The van der Waals surface area contributed by atoms with Gasteiger partial charge in [-0.3, -0.25) is 9.78 Å². The Hall–Kier alpha value is -1.46. The third kappa shape index (κ3) is 4.02. The van der Waals surface area contributed by atoms with Crippen LogP contribution in [0.3, 0.4) is 0 Å². The van der Waals surface area contributed by atoms with E-state index in [0.717, 1.165) is 27.4 Å². The molecular weight excluding hydrogens is 334 g/mol. The van der Waals surface area contributed by atoms with Gasteiger partial charge in [-0.25, -0.2) is 0 Å². The van der Waals surface area contributed by atoms with E-state index in [-0.39, 0.29) is 12.4 Å². The topological polar surface area (TPSA) is 59.4 Å². The Kier molecular flexibility index (Phi) is 5.70. The van der Waals surface area contributed by atoms with Crippen LogP contribution in [-0.2, 0) is 9.53 Å². The monoisotopic (exact) mass is 351 g/mol. The summed E-state index contributed by atoms with van der Waals surface area (Å²) in [6, 6.07) is 7.52. The molecule has 2 aromatic rings. The van der Waals surface area contributed by atoms with Crippen LogP contribution in [-0.4, -0.2) is 22.7 Å². The summed E-state index contributed by atoms with van der Waals surface area (Å²) in [5.74, 6) is -0.273. The van der Waals surface area contributed by atoms with Crippen LogP contribution in [0.1, 0.15) is 37.9 Å². The normalized spacial score (nSPS) is 12.3. The van der Waals surface area contributed by atoms with Gasteiger partial charge in [-0.1, -0.05) is 35.0 Å². The number of fused-ring (bicyclic) bond motifs is 1. The Morgan fingerprint density at radius 2 is 2.24 bits per heavy atom. The van der Waals surface area contributed by atoms with Crippen LogP contribution in [0.5, 0.6) is 0 Å². The summed E-state index contributed by atoms with van der Waals surface area (Å²) in [5, 5.41) is 11.3. The van der Waals surface area contributed by atoms with Gasteiger partial charge in [0, 0.05) is 28.0 Å². The van der Waals surface area contributed by atoms with Crippen molar-refractivity contribution in [1.29, 1.82) is 0 Å². The maximum atomic E-state index is 11.5. The third-order valence-corrected chi connectivity index (χ3v) is 3.89. The van der Waals surface area contributed by atoms with Crippen LogP contribution >= 0.6 is 15.9 Å². The molecule has 0 aliphatic carbocycles. The van der Waals surface area contributed by atoms with Gasteiger partial charge >= 0.3 is 5.97 Å². The molecule has 1 aromatic carbocycles. The van der Waals surface area contributed by atoms with E-state index < -0.39 is 6.10 Å². The molecule has 0 spiro atoms. The molecule has 0 saturated carbocycles. The molecule has 5 heteroatoms. The Morgan fingerprint density at radius 1 is 1.43 bits per heavy atom. The summed E-state index contributed by atoms with van der Waals surface area (Å²) in [5.41, 5.74) is 1.48. The van der Waals surface area contributed by atoms with Crippen molar-refractivity contribution in [2.75, 3.05) is 6.61 Å². The van der Waals surface area contributed by atoms with Gasteiger partial charge in [0.1, 0.15) is 0 Å². The Balaban J connectivity index is 2.11. The van der Waals surface area contributed by atoms with Crippen molar-refractivity contribution in [3.63, 3.8) is 0 Å². The summed E-state index contributed by atoms with van der Waals surface area (Å²) in [6.45, 7) is 2.37. The number of nitrogens with zero attached hydrogens (tertiary/aromatic N) is 1. The lowest BCUT2D eigenvalue weighted by atomic mass is 10.0. The number of carbonyl (C=O) groups is 1. The van der Waals surface area contributed by atoms with Crippen molar-refractivity contribution < 1.29 is 14.6 Å². The SMILES string of the molecule is CCCOC(=O)CCC(O)c1ccc(Br)c2cccnc12. The highest BCUT2D eigenvalue weighted by molar-refractivity contribution is 9.10. The number of pyridine rings is 1. The van der Waals surface area contributed by atoms with Crippen molar-refractivity contribution in [3.05, 3.63) is 40.5 Å². The van der Waals surface area contributed by atoms with Gasteiger partial charge in [0.15, 0.2) is 0 Å². The second kappa shape index (κ2) is 7.52. The van der Waals surface area contributed by atoms with E-state index in [2.05, 4.69) is 20.9 Å². The number of esters is 1. The highest BCUT2D eigenvalue weighted by Crippen LogP contribution is 2.30. The second-order valence-electron chi connectivity index (χ2n) is 4.81. The predicted molar refractivity (Wildman–Crippen MR) is 84.9 cm³/mol. The Morgan fingerprint density at radius 3 is 3.00 bits per heavy atom. The lowest BCUT2D eigenvalue weighted by Crippen LogP contribution is -2.08. The summed E-state index contributed by atoms with van der Waals surface area (Å²) in [7, 11) is 0. The van der Waals surface area contributed by atoms with Crippen molar-refractivity contribution in [2.24, 2.45) is 0 Å². The molecule has 1 unspecified atom stereocenters. The molecule has 1 aromatic heterocycles. The molecular formula is C16H18BrNO3. The number of halogens is 1.